The normalized spacial score (nSPS) is 25.6. The van der Waals surface area contributed by atoms with Gasteiger partial charge in [-0.15, -0.1) is 0 Å². The van der Waals surface area contributed by atoms with Crippen LogP contribution in [0.15, 0.2) is 42.5 Å². The van der Waals surface area contributed by atoms with Crippen molar-refractivity contribution in [2.45, 2.75) is 50.6 Å². The van der Waals surface area contributed by atoms with Crippen molar-refractivity contribution in [3.8, 4) is 11.1 Å². The molecule has 0 spiro atoms. The summed E-state index contributed by atoms with van der Waals surface area (Å²) < 4.78 is 0. The van der Waals surface area contributed by atoms with Crippen molar-refractivity contribution < 1.29 is 9.59 Å². The van der Waals surface area contributed by atoms with Gasteiger partial charge in [0.1, 0.15) is 0 Å². The predicted octanol–water partition coefficient (Wildman–Crippen LogP) is 3.00. The summed E-state index contributed by atoms with van der Waals surface area (Å²) in [6, 6.07) is 15.2. The summed E-state index contributed by atoms with van der Waals surface area (Å²) in [7, 11) is 0. The molecule has 2 amide bonds. The lowest BCUT2D eigenvalue weighted by atomic mass is 9.91. The fourth-order valence-electron chi connectivity index (χ4n) is 5.01. The molecule has 0 radical (unpaired) electrons. The Morgan fingerprint density at radius 2 is 1.76 bits per heavy atom. The van der Waals surface area contributed by atoms with Crippen LogP contribution in [0.5, 0.6) is 0 Å². The molecule has 29 heavy (non-hydrogen) atoms. The van der Waals surface area contributed by atoms with E-state index < -0.39 is 0 Å². The summed E-state index contributed by atoms with van der Waals surface area (Å²) in [5, 5.41) is 3.15. The molecule has 5 heteroatoms. The summed E-state index contributed by atoms with van der Waals surface area (Å²) in [6.45, 7) is 0.461. The molecule has 1 saturated heterocycles. The highest BCUT2D eigenvalue weighted by Crippen LogP contribution is 2.39. The first-order chi connectivity index (χ1) is 14.1. The van der Waals surface area contributed by atoms with Crippen LogP contribution in [0.2, 0.25) is 0 Å². The number of benzene rings is 2. The van der Waals surface area contributed by atoms with Gasteiger partial charge < -0.3 is 16.0 Å². The molecule has 1 saturated carbocycles. The molecule has 150 valence electrons. The van der Waals surface area contributed by atoms with Crippen molar-refractivity contribution in [2.75, 3.05) is 11.4 Å². The largest absolute Gasteiger partial charge is 0.353 e. The summed E-state index contributed by atoms with van der Waals surface area (Å²) >= 11 is 0. The van der Waals surface area contributed by atoms with E-state index in [9.17, 15) is 9.59 Å². The number of nitrogens with two attached hydrogens (primary N) is 1. The van der Waals surface area contributed by atoms with Crippen LogP contribution in [0.1, 0.15) is 43.2 Å². The summed E-state index contributed by atoms with van der Waals surface area (Å²) in [5.41, 5.74) is 12.0. The number of rotatable bonds is 3. The van der Waals surface area contributed by atoms with Gasteiger partial charge in [-0.05, 0) is 66.5 Å². The van der Waals surface area contributed by atoms with Crippen LogP contribution in [0.25, 0.3) is 11.1 Å². The van der Waals surface area contributed by atoms with Gasteiger partial charge in [0, 0.05) is 30.7 Å². The zero-order chi connectivity index (χ0) is 20.0. The number of amides is 2. The molecule has 2 fully saturated rings. The van der Waals surface area contributed by atoms with Crippen molar-refractivity contribution in [1.82, 2.24) is 5.32 Å². The van der Waals surface area contributed by atoms with Crippen LogP contribution in [-0.4, -0.2) is 30.4 Å². The number of hydrogen-bond donors (Lipinski definition) is 2. The molecule has 0 aromatic heterocycles. The highest BCUT2D eigenvalue weighted by Gasteiger charge is 2.36. The van der Waals surface area contributed by atoms with E-state index in [4.69, 9.17) is 5.73 Å². The van der Waals surface area contributed by atoms with Crippen LogP contribution in [-0.2, 0) is 16.0 Å². The molecule has 1 atom stereocenters. The Kier molecular flexibility index (Phi) is 4.63. The Bertz CT molecular complexity index is 962. The van der Waals surface area contributed by atoms with Gasteiger partial charge in [0.05, 0.1) is 5.92 Å². The third-order valence-electron chi connectivity index (χ3n) is 6.70. The number of fused-ring (bicyclic) bond motifs is 3. The number of carbonyl (C=O) groups is 2. The van der Waals surface area contributed by atoms with E-state index in [1.54, 1.807) is 4.90 Å². The molecule has 1 heterocycles. The van der Waals surface area contributed by atoms with Gasteiger partial charge >= 0.3 is 0 Å². The van der Waals surface area contributed by atoms with Gasteiger partial charge in [-0.1, -0.05) is 30.3 Å². The lowest BCUT2D eigenvalue weighted by Crippen LogP contribution is -2.43. The van der Waals surface area contributed by atoms with E-state index in [0.717, 1.165) is 37.8 Å². The molecule has 5 rings (SSSR count). The lowest BCUT2D eigenvalue weighted by molar-refractivity contribution is -0.127. The predicted molar refractivity (Wildman–Crippen MR) is 114 cm³/mol. The smallest absolute Gasteiger partial charge is 0.227 e. The van der Waals surface area contributed by atoms with Crippen LogP contribution in [0.4, 0.5) is 5.69 Å². The Labute approximate surface area is 171 Å². The average molecular weight is 389 g/mol. The Morgan fingerprint density at radius 3 is 2.59 bits per heavy atom. The van der Waals surface area contributed by atoms with Gasteiger partial charge in [0.15, 0.2) is 0 Å². The molecule has 3 N–H and O–H groups in total. The second-order valence-electron chi connectivity index (χ2n) is 8.70. The zero-order valence-electron chi connectivity index (χ0n) is 16.6. The first-order valence-corrected chi connectivity index (χ1v) is 10.7. The summed E-state index contributed by atoms with van der Waals surface area (Å²) in [6.07, 6.45) is 4.96. The fourth-order valence-corrected chi connectivity index (χ4v) is 5.01. The molecule has 1 aliphatic heterocycles. The van der Waals surface area contributed by atoms with E-state index in [2.05, 4.69) is 41.7 Å². The Morgan fingerprint density at radius 1 is 1.00 bits per heavy atom. The third kappa shape index (κ3) is 3.44. The van der Waals surface area contributed by atoms with Gasteiger partial charge in [0.25, 0.3) is 0 Å². The SMILES string of the molecule is NC1CCC(NC(=O)C2CC(=O)N(c3ccc4c(c3)Cc3ccccc3-4)C2)CC1. The van der Waals surface area contributed by atoms with Gasteiger partial charge in [-0.2, -0.15) is 0 Å². The lowest BCUT2D eigenvalue weighted by Gasteiger charge is -2.27. The number of nitrogens with one attached hydrogen (secondary N) is 1. The second kappa shape index (κ2) is 7.30. The second-order valence-corrected chi connectivity index (χ2v) is 8.70. The molecular formula is C24H27N3O2. The standard InChI is InChI=1S/C24H27N3O2/c25-18-5-7-19(8-6-18)26-24(29)17-13-23(28)27(14-17)20-9-10-22-16(12-20)11-15-3-1-2-4-21(15)22/h1-4,9-10,12,17-19H,5-8,11,13-14,25H2,(H,26,29). The first kappa shape index (κ1) is 18.4. The van der Waals surface area contributed by atoms with Crippen LogP contribution < -0.4 is 16.0 Å². The highest BCUT2D eigenvalue weighted by molar-refractivity contribution is 6.00. The van der Waals surface area contributed by atoms with Crippen LogP contribution >= 0.6 is 0 Å². The molecule has 2 aromatic carbocycles. The monoisotopic (exact) mass is 389 g/mol. The minimum Gasteiger partial charge on any atom is -0.353 e. The van der Waals surface area contributed by atoms with E-state index in [1.807, 2.05) is 6.07 Å². The van der Waals surface area contributed by atoms with Crippen molar-refractivity contribution in [3.63, 3.8) is 0 Å². The molecule has 0 bridgehead atoms. The van der Waals surface area contributed by atoms with Crippen molar-refractivity contribution in [1.29, 1.82) is 0 Å². The summed E-state index contributed by atoms with van der Waals surface area (Å²) in [4.78, 5) is 27.2. The quantitative estimate of drug-likeness (QED) is 0.723. The third-order valence-corrected chi connectivity index (χ3v) is 6.70. The number of nitrogens with zero attached hydrogens (tertiary/aromatic N) is 1. The Hall–Kier alpha value is -2.66. The van der Waals surface area contributed by atoms with Crippen LogP contribution in [0, 0.1) is 5.92 Å². The molecular weight excluding hydrogens is 362 g/mol. The highest BCUT2D eigenvalue weighted by atomic mass is 16.2. The maximum Gasteiger partial charge on any atom is 0.227 e. The van der Waals surface area contributed by atoms with E-state index in [-0.39, 0.29) is 36.2 Å². The molecule has 2 aromatic rings. The minimum atomic E-state index is -0.274. The summed E-state index contributed by atoms with van der Waals surface area (Å²) in [5.74, 6) is -0.232. The van der Waals surface area contributed by atoms with E-state index in [0.29, 0.717) is 6.54 Å². The molecule has 2 aliphatic carbocycles. The Balaban J connectivity index is 1.27. The van der Waals surface area contributed by atoms with Crippen LogP contribution in [0.3, 0.4) is 0 Å². The first-order valence-electron chi connectivity index (χ1n) is 10.7. The minimum absolute atomic E-state index is 0.00915. The molecule has 1 unspecified atom stereocenters. The number of carbonyl (C=O) groups excluding carboxylic acids is 2. The van der Waals surface area contributed by atoms with Crippen molar-refractivity contribution in [3.05, 3.63) is 53.6 Å². The fraction of sp³-hybridized carbons (Fsp3) is 0.417. The topological polar surface area (TPSA) is 75.4 Å². The average Bonchev–Trinajstić information content (AvgIpc) is 3.29. The molecule has 3 aliphatic rings. The van der Waals surface area contributed by atoms with Gasteiger partial charge in [-0.25, -0.2) is 0 Å². The maximum absolute atomic E-state index is 12.7. The zero-order valence-corrected chi connectivity index (χ0v) is 16.6. The van der Waals surface area contributed by atoms with Crippen molar-refractivity contribution >= 4 is 17.5 Å². The number of hydrogen-bond acceptors (Lipinski definition) is 3. The number of anilines is 1. The van der Waals surface area contributed by atoms with Crippen molar-refractivity contribution in [2.24, 2.45) is 11.7 Å². The molecule has 5 nitrogen and oxygen atoms in total. The van der Waals surface area contributed by atoms with Gasteiger partial charge in [-0.3, -0.25) is 9.59 Å². The maximum atomic E-state index is 12.7. The van der Waals surface area contributed by atoms with E-state index in [1.165, 1.54) is 22.3 Å². The van der Waals surface area contributed by atoms with E-state index >= 15 is 0 Å². The van der Waals surface area contributed by atoms with Gasteiger partial charge in [0.2, 0.25) is 11.8 Å².